The van der Waals surface area contributed by atoms with Gasteiger partial charge in [0.05, 0.1) is 20.7 Å². The summed E-state index contributed by atoms with van der Waals surface area (Å²) in [7, 11) is 3.75. The Labute approximate surface area is 107 Å². The Morgan fingerprint density at radius 2 is 2.13 bits per heavy atom. The summed E-state index contributed by atoms with van der Waals surface area (Å²) in [5.41, 5.74) is 2.45. The van der Waals surface area contributed by atoms with Crippen LogP contribution in [0.4, 0.5) is 0 Å². The van der Waals surface area contributed by atoms with E-state index in [1.807, 2.05) is 6.07 Å². The minimum atomic E-state index is 0. The molecule has 15 heavy (non-hydrogen) atoms. The summed E-state index contributed by atoms with van der Waals surface area (Å²) in [5, 5.41) is 0. The number of hydrogen-bond acceptors (Lipinski definition) is 1. The van der Waals surface area contributed by atoms with Gasteiger partial charge in [-0.2, -0.15) is 0 Å². The second-order valence-electron chi connectivity index (χ2n) is 3.37. The molecule has 2 rings (SSSR count). The molecule has 4 heteroatoms. The van der Waals surface area contributed by atoms with E-state index in [1.54, 1.807) is 7.11 Å². The molecular weight excluding hydrogens is 303 g/mol. The van der Waals surface area contributed by atoms with E-state index in [4.69, 9.17) is 4.74 Å². The molecule has 1 aromatic heterocycles. The van der Waals surface area contributed by atoms with Gasteiger partial charge in [-0.1, -0.05) is 0 Å². The standard InChI is InChI=1S/C11H15N2O.HI/c1-4-13-8-12(2)10-6-5-9(14-3)7-11(10)13;/h5-8H,4H2,1-3H3;1H/q+1;/p-1. The fourth-order valence-corrected chi connectivity index (χ4v) is 1.74. The zero-order valence-corrected chi connectivity index (χ0v) is 11.4. The van der Waals surface area contributed by atoms with Gasteiger partial charge in [0.1, 0.15) is 5.75 Å². The molecule has 0 atom stereocenters. The molecule has 0 radical (unpaired) electrons. The van der Waals surface area contributed by atoms with Crippen molar-refractivity contribution in [2.45, 2.75) is 13.5 Å². The number of rotatable bonds is 2. The van der Waals surface area contributed by atoms with Crippen molar-refractivity contribution >= 4 is 11.0 Å². The number of hydrogen-bond donors (Lipinski definition) is 0. The number of nitrogens with zero attached hydrogens (tertiary/aromatic N) is 2. The van der Waals surface area contributed by atoms with Gasteiger partial charge >= 0.3 is 0 Å². The average molecular weight is 318 g/mol. The van der Waals surface area contributed by atoms with E-state index in [2.05, 4.69) is 41.6 Å². The minimum absolute atomic E-state index is 0. The van der Waals surface area contributed by atoms with E-state index in [0.29, 0.717) is 0 Å². The number of benzene rings is 1. The molecule has 0 bridgehead atoms. The van der Waals surface area contributed by atoms with Crippen LogP contribution in [-0.2, 0) is 13.6 Å². The van der Waals surface area contributed by atoms with Crippen molar-refractivity contribution in [3.63, 3.8) is 0 Å². The zero-order valence-electron chi connectivity index (χ0n) is 9.20. The van der Waals surface area contributed by atoms with Crippen LogP contribution >= 0.6 is 0 Å². The molecule has 0 amide bonds. The molecular formula is C11H15IN2O. The molecule has 82 valence electrons. The fourth-order valence-electron chi connectivity index (χ4n) is 1.74. The van der Waals surface area contributed by atoms with Gasteiger partial charge in [-0.25, -0.2) is 9.13 Å². The first kappa shape index (κ1) is 12.3. The first-order valence-corrected chi connectivity index (χ1v) is 4.78. The highest BCUT2D eigenvalue weighted by molar-refractivity contribution is 5.73. The van der Waals surface area contributed by atoms with Crippen molar-refractivity contribution in [1.29, 1.82) is 0 Å². The Balaban J connectivity index is 0.00000112. The van der Waals surface area contributed by atoms with Crippen molar-refractivity contribution in [2.24, 2.45) is 7.05 Å². The highest BCUT2D eigenvalue weighted by atomic mass is 127. The van der Waals surface area contributed by atoms with Crippen LogP contribution in [-0.4, -0.2) is 11.7 Å². The molecule has 1 aromatic carbocycles. The van der Waals surface area contributed by atoms with Gasteiger partial charge in [-0.05, 0) is 19.1 Å². The highest BCUT2D eigenvalue weighted by Crippen LogP contribution is 2.18. The van der Waals surface area contributed by atoms with Gasteiger partial charge in [0.25, 0.3) is 0 Å². The first-order valence-electron chi connectivity index (χ1n) is 4.78. The fraction of sp³-hybridized carbons (Fsp3) is 0.364. The van der Waals surface area contributed by atoms with E-state index < -0.39 is 0 Å². The van der Waals surface area contributed by atoms with Crippen LogP contribution in [0.3, 0.4) is 0 Å². The van der Waals surface area contributed by atoms with Crippen molar-refractivity contribution in [1.82, 2.24) is 4.57 Å². The second kappa shape index (κ2) is 4.83. The highest BCUT2D eigenvalue weighted by Gasteiger charge is 2.11. The summed E-state index contributed by atoms with van der Waals surface area (Å²) in [6.45, 7) is 3.11. The summed E-state index contributed by atoms with van der Waals surface area (Å²) in [5.74, 6) is 0.908. The Morgan fingerprint density at radius 1 is 1.40 bits per heavy atom. The lowest BCUT2D eigenvalue weighted by atomic mass is 10.3. The number of aromatic nitrogens is 2. The van der Waals surface area contributed by atoms with Gasteiger partial charge < -0.3 is 28.7 Å². The maximum absolute atomic E-state index is 5.21. The molecule has 0 saturated carbocycles. The van der Waals surface area contributed by atoms with Crippen molar-refractivity contribution in [3.05, 3.63) is 24.5 Å². The van der Waals surface area contributed by atoms with E-state index in [1.165, 1.54) is 11.0 Å². The minimum Gasteiger partial charge on any atom is -1.00 e. The Hall–Kier alpha value is -0.780. The second-order valence-corrected chi connectivity index (χ2v) is 3.37. The van der Waals surface area contributed by atoms with Crippen LogP contribution in [0.15, 0.2) is 24.5 Å². The number of ether oxygens (including phenoxy) is 1. The largest absolute Gasteiger partial charge is 1.00 e. The quantitative estimate of drug-likeness (QED) is 0.487. The van der Waals surface area contributed by atoms with Crippen LogP contribution in [0.1, 0.15) is 6.92 Å². The topological polar surface area (TPSA) is 18.0 Å². The number of aryl methyl sites for hydroxylation is 2. The lowest BCUT2D eigenvalue weighted by molar-refractivity contribution is -0.645. The summed E-state index contributed by atoms with van der Waals surface area (Å²) < 4.78 is 9.54. The maximum atomic E-state index is 5.21. The summed E-state index contributed by atoms with van der Waals surface area (Å²) in [6, 6.07) is 6.14. The monoisotopic (exact) mass is 318 g/mol. The molecule has 1 heterocycles. The SMILES string of the molecule is CCn1c[n+](C)c2ccc(OC)cc21.[I-]. The lowest BCUT2D eigenvalue weighted by Gasteiger charge is -1.97. The van der Waals surface area contributed by atoms with Crippen LogP contribution in [0.5, 0.6) is 5.75 Å². The van der Waals surface area contributed by atoms with Gasteiger partial charge in [0.2, 0.25) is 6.33 Å². The van der Waals surface area contributed by atoms with Gasteiger partial charge in [0.15, 0.2) is 11.0 Å². The smallest absolute Gasteiger partial charge is 0.244 e. The first-order chi connectivity index (χ1) is 6.76. The maximum Gasteiger partial charge on any atom is 0.244 e. The molecule has 0 saturated heterocycles. The van der Waals surface area contributed by atoms with Crippen molar-refractivity contribution in [2.75, 3.05) is 7.11 Å². The van der Waals surface area contributed by atoms with E-state index in [-0.39, 0.29) is 24.0 Å². The number of fused-ring (bicyclic) bond motifs is 1. The molecule has 2 aromatic rings. The molecule has 0 spiro atoms. The molecule has 0 aliphatic carbocycles. The molecule has 0 fully saturated rings. The predicted molar refractivity (Wildman–Crippen MR) is 55.3 cm³/mol. The third-order valence-corrected chi connectivity index (χ3v) is 2.53. The third kappa shape index (κ3) is 2.09. The molecule has 0 N–H and O–H groups in total. The van der Waals surface area contributed by atoms with Crippen LogP contribution in [0, 0.1) is 0 Å². The Bertz CT molecular complexity index is 465. The number of imidazole rings is 1. The number of methoxy groups -OCH3 is 1. The van der Waals surface area contributed by atoms with Gasteiger partial charge in [-0.3, -0.25) is 0 Å². The van der Waals surface area contributed by atoms with E-state index in [0.717, 1.165) is 12.3 Å². The summed E-state index contributed by atoms with van der Waals surface area (Å²) in [6.07, 6.45) is 2.10. The van der Waals surface area contributed by atoms with Gasteiger partial charge in [-0.15, -0.1) is 0 Å². The molecule has 3 nitrogen and oxygen atoms in total. The lowest BCUT2D eigenvalue weighted by Crippen LogP contribution is -3.00. The summed E-state index contributed by atoms with van der Waals surface area (Å²) >= 11 is 0. The van der Waals surface area contributed by atoms with Crippen molar-refractivity contribution < 1.29 is 33.3 Å². The average Bonchev–Trinajstić information content (AvgIpc) is 2.55. The Morgan fingerprint density at radius 3 is 2.73 bits per heavy atom. The van der Waals surface area contributed by atoms with Crippen LogP contribution in [0.2, 0.25) is 0 Å². The zero-order chi connectivity index (χ0) is 10.1. The predicted octanol–water partition coefficient (Wildman–Crippen LogP) is -1.50. The summed E-state index contributed by atoms with van der Waals surface area (Å²) in [4.78, 5) is 0. The molecule has 0 aliphatic heterocycles. The number of halogens is 1. The molecule has 0 aliphatic rings. The third-order valence-electron chi connectivity index (χ3n) is 2.53. The van der Waals surface area contributed by atoms with Crippen molar-refractivity contribution in [3.8, 4) is 5.75 Å². The van der Waals surface area contributed by atoms with E-state index in [9.17, 15) is 0 Å². The van der Waals surface area contributed by atoms with Gasteiger partial charge in [0, 0.05) is 6.07 Å². The van der Waals surface area contributed by atoms with Crippen LogP contribution in [0.25, 0.3) is 11.0 Å². The normalized spacial score (nSPS) is 10.1. The molecule has 0 unspecified atom stereocenters. The van der Waals surface area contributed by atoms with Crippen LogP contribution < -0.4 is 33.3 Å². The van der Waals surface area contributed by atoms with E-state index >= 15 is 0 Å². The Kier molecular flexibility index (Phi) is 3.96.